The van der Waals surface area contributed by atoms with Crippen LogP contribution in [-0.4, -0.2) is 6.29 Å². The Bertz CT molecular complexity index is 252. The number of hydrogen-bond donors (Lipinski definition) is 0. The van der Waals surface area contributed by atoms with Gasteiger partial charge in [0.1, 0.15) is 6.29 Å². The van der Waals surface area contributed by atoms with Gasteiger partial charge in [-0.2, -0.15) is 0 Å². The van der Waals surface area contributed by atoms with Crippen LogP contribution in [0.2, 0.25) is 0 Å². The second-order valence-corrected chi connectivity index (χ2v) is 5.24. The molecule has 1 nitrogen and oxygen atoms in total. The lowest BCUT2D eigenvalue weighted by molar-refractivity contribution is -0.111. The van der Waals surface area contributed by atoms with Gasteiger partial charge in [0, 0.05) is 5.92 Å². The highest BCUT2D eigenvalue weighted by atomic mass is 16.1. The van der Waals surface area contributed by atoms with Gasteiger partial charge in [0.05, 0.1) is 0 Å². The smallest absolute Gasteiger partial charge is 0.122 e. The largest absolute Gasteiger partial charge is 0.303 e. The first kappa shape index (κ1) is 14.2. The average Bonchev–Trinajstić information content (AvgIpc) is 2.32. The van der Waals surface area contributed by atoms with Crippen molar-refractivity contribution >= 4 is 6.29 Å². The van der Waals surface area contributed by atoms with Gasteiger partial charge in [0.25, 0.3) is 0 Å². The fourth-order valence-electron chi connectivity index (χ4n) is 2.48. The maximum atomic E-state index is 10.7. The monoisotopic (exact) mass is 234 g/mol. The Morgan fingerprint density at radius 3 is 2.41 bits per heavy atom. The lowest BCUT2D eigenvalue weighted by Crippen LogP contribution is -2.07. The normalized spacial score (nSPS) is 28.4. The van der Waals surface area contributed by atoms with E-state index in [9.17, 15) is 4.79 Å². The number of carbonyl (C=O) groups excluding carboxylic acids is 1. The van der Waals surface area contributed by atoms with Crippen molar-refractivity contribution in [1.29, 1.82) is 0 Å². The highest BCUT2D eigenvalue weighted by Crippen LogP contribution is 2.23. The molecular formula is C16H26O. The molecule has 96 valence electrons. The lowest BCUT2D eigenvalue weighted by Gasteiger charge is -2.17. The number of hydrogen-bond acceptors (Lipinski definition) is 1. The average molecular weight is 234 g/mol. The van der Waals surface area contributed by atoms with E-state index in [1.165, 1.54) is 44.9 Å². The van der Waals surface area contributed by atoms with Crippen LogP contribution in [0.25, 0.3) is 0 Å². The Kier molecular flexibility index (Phi) is 7.70. The van der Waals surface area contributed by atoms with Crippen LogP contribution < -0.4 is 0 Å². The summed E-state index contributed by atoms with van der Waals surface area (Å²) in [5.74, 6) is 0.958. The molecule has 0 radical (unpaired) electrons. The molecule has 0 fully saturated rings. The van der Waals surface area contributed by atoms with E-state index in [0.29, 0.717) is 0 Å². The third-order valence-corrected chi connectivity index (χ3v) is 3.50. The minimum absolute atomic E-state index is 0.229. The van der Waals surface area contributed by atoms with Crippen molar-refractivity contribution in [3.63, 3.8) is 0 Å². The second-order valence-electron chi connectivity index (χ2n) is 5.24. The maximum absolute atomic E-state index is 10.7. The summed E-state index contributed by atoms with van der Waals surface area (Å²) < 4.78 is 0. The van der Waals surface area contributed by atoms with Crippen molar-refractivity contribution in [3.8, 4) is 0 Å². The van der Waals surface area contributed by atoms with Gasteiger partial charge in [-0.3, -0.25) is 0 Å². The molecule has 2 atom stereocenters. The van der Waals surface area contributed by atoms with Crippen LogP contribution in [-0.2, 0) is 4.79 Å². The van der Waals surface area contributed by atoms with E-state index < -0.39 is 0 Å². The molecule has 0 aromatic heterocycles. The molecule has 17 heavy (non-hydrogen) atoms. The van der Waals surface area contributed by atoms with Gasteiger partial charge in [-0.1, -0.05) is 37.6 Å². The summed E-state index contributed by atoms with van der Waals surface area (Å²) in [6.45, 7) is 2.04. The molecule has 1 heteroatoms. The van der Waals surface area contributed by atoms with E-state index in [2.05, 4.69) is 24.3 Å². The zero-order valence-corrected chi connectivity index (χ0v) is 11.1. The van der Waals surface area contributed by atoms with Crippen molar-refractivity contribution in [2.24, 2.45) is 11.8 Å². The Labute approximate surface area is 106 Å². The molecule has 0 amide bonds. The summed E-state index contributed by atoms with van der Waals surface area (Å²) in [6, 6.07) is 0. The van der Waals surface area contributed by atoms with Crippen molar-refractivity contribution in [2.45, 2.75) is 58.3 Å². The summed E-state index contributed by atoms with van der Waals surface area (Å²) in [5, 5.41) is 0. The molecule has 0 heterocycles. The van der Waals surface area contributed by atoms with Crippen LogP contribution >= 0.6 is 0 Å². The van der Waals surface area contributed by atoms with E-state index in [1.54, 1.807) is 0 Å². The van der Waals surface area contributed by atoms with Gasteiger partial charge in [-0.15, -0.1) is 0 Å². The molecule has 1 aliphatic carbocycles. The van der Waals surface area contributed by atoms with E-state index in [-0.39, 0.29) is 5.92 Å². The van der Waals surface area contributed by atoms with Crippen LogP contribution in [0, 0.1) is 11.8 Å². The van der Waals surface area contributed by atoms with Gasteiger partial charge < -0.3 is 4.79 Å². The van der Waals surface area contributed by atoms with E-state index in [1.807, 2.05) is 6.92 Å². The van der Waals surface area contributed by atoms with Crippen LogP contribution in [0.1, 0.15) is 58.3 Å². The fourth-order valence-corrected chi connectivity index (χ4v) is 2.48. The van der Waals surface area contributed by atoms with E-state index in [4.69, 9.17) is 0 Å². The Morgan fingerprint density at radius 2 is 1.71 bits per heavy atom. The summed E-state index contributed by atoms with van der Waals surface area (Å²) >= 11 is 0. The Hall–Kier alpha value is -0.850. The minimum atomic E-state index is 0.229. The summed E-state index contributed by atoms with van der Waals surface area (Å²) in [4.78, 5) is 10.7. The molecule has 0 spiro atoms. The molecule has 0 aromatic carbocycles. The Morgan fingerprint density at radius 1 is 1.06 bits per heavy atom. The minimum Gasteiger partial charge on any atom is -0.303 e. The van der Waals surface area contributed by atoms with Crippen molar-refractivity contribution < 1.29 is 4.79 Å². The molecule has 0 aromatic rings. The number of rotatable bonds is 3. The van der Waals surface area contributed by atoms with Gasteiger partial charge in [-0.25, -0.2) is 0 Å². The summed E-state index contributed by atoms with van der Waals surface area (Å²) in [5.41, 5.74) is 0. The summed E-state index contributed by atoms with van der Waals surface area (Å²) in [7, 11) is 0. The molecule has 0 N–H and O–H groups in total. The quantitative estimate of drug-likeness (QED) is 0.511. The molecule has 2 unspecified atom stereocenters. The molecule has 0 saturated carbocycles. The fraction of sp³-hybridized carbons (Fsp3) is 0.688. The highest BCUT2D eigenvalue weighted by Gasteiger charge is 2.11. The molecule has 0 saturated heterocycles. The van der Waals surface area contributed by atoms with Crippen molar-refractivity contribution in [3.05, 3.63) is 24.3 Å². The van der Waals surface area contributed by atoms with Gasteiger partial charge in [0.2, 0.25) is 0 Å². The number of carbonyl (C=O) groups is 1. The molecule has 0 aliphatic heterocycles. The number of allylic oxidation sites excluding steroid dienone is 4. The predicted octanol–water partition coefficient (Wildman–Crippen LogP) is 4.68. The highest BCUT2D eigenvalue weighted by molar-refractivity contribution is 5.52. The molecule has 1 rings (SSSR count). The Balaban J connectivity index is 2.41. The van der Waals surface area contributed by atoms with Crippen molar-refractivity contribution in [2.75, 3.05) is 0 Å². The first-order chi connectivity index (χ1) is 8.33. The van der Waals surface area contributed by atoms with Crippen LogP contribution in [0.3, 0.4) is 0 Å². The first-order valence-electron chi connectivity index (χ1n) is 7.08. The van der Waals surface area contributed by atoms with Gasteiger partial charge in [-0.05, 0) is 50.9 Å². The number of aldehydes is 1. The van der Waals surface area contributed by atoms with Crippen LogP contribution in [0.15, 0.2) is 24.3 Å². The molecular weight excluding hydrogens is 208 g/mol. The second kappa shape index (κ2) is 9.21. The molecule has 0 bridgehead atoms. The zero-order valence-electron chi connectivity index (χ0n) is 11.1. The zero-order chi connectivity index (χ0) is 12.3. The predicted molar refractivity (Wildman–Crippen MR) is 73.9 cm³/mol. The maximum Gasteiger partial charge on any atom is 0.122 e. The SMILES string of the molecule is CC(C=O)CC1CC/C=C/CC/C=C/CCC1. The third-order valence-electron chi connectivity index (χ3n) is 3.50. The van der Waals surface area contributed by atoms with Gasteiger partial charge in [0.15, 0.2) is 0 Å². The van der Waals surface area contributed by atoms with Crippen molar-refractivity contribution in [1.82, 2.24) is 0 Å². The standard InChI is InChI=1S/C16H26O/c1-15(14-17)13-16-11-9-7-5-3-2-4-6-8-10-12-16/h3,5-6,8,14-16H,2,4,7,9-13H2,1H3/b5-3+,8-6+. The molecule has 1 aliphatic rings. The van der Waals surface area contributed by atoms with Crippen LogP contribution in [0.5, 0.6) is 0 Å². The third kappa shape index (κ3) is 7.14. The lowest BCUT2D eigenvalue weighted by atomic mass is 9.88. The van der Waals surface area contributed by atoms with Gasteiger partial charge >= 0.3 is 0 Å². The van der Waals surface area contributed by atoms with Crippen LogP contribution in [0.4, 0.5) is 0 Å². The first-order valence-corrected chi connectivity index (χ1v) is 7.08. The van der Waals surface area contributed by atoms with E-state index >= 15 is 0 Å². The van der Waals surface area contributed by atoms with E-state index in [0.717, 1.165) is 18.6 Å². The topological polar surface area (TPSA) is 17.1 Å². The summed E-state index contributed by atoms with van der Waals surface area (Å²) in [6.07, 6.45) is 19.9.